The molecule has 2 aromatic carbocycles. The maximum atomic E-state index is 2.55. The van der Waals surface area contributed by atoms with Crippen molar-refractivity contribution in [1.29, 1.82) is 0 Å². The minimum absolute atomic E-state index is 0.996. The smallest absolute Gasteiger partial charge is 0.0234 e. The van der Waals surface area contributed by atoms with Crippen LogP contribution in [-0.4, -0.2) is 29.9 Å². The molecule has 0 saturated carbocycles. The summed E-state index contributed by atoms with van der Waals surface area (Å²) in [5, 5.41) is 0. The van der Waals surface area contributed by atoms with Crippen LogP contribution in [-0.2, 0) is 19.6 Å². The van der Waals surface area contributed by atoms with Gasteiger partial charge in [0.05, 0.1) is 0 Å². The number of benzene rings is 2. The highest BCUT2D eigenvalue weighted by atomic mass is 15.1. The van der Waals surface area contributed by atoms with E-state index in [-0.39, 0.29) is 0 Å². The first kappa shape index (κ1) is 16.2. The molecule has 0 aliphatic carbocycles. The Balaban J connectivity index is 1.51. The van der Waals surface area contributed by atoms with Crippen LogP contribution in [0.1, 0.15) is 35.1 Å². The maximum Gasteiger partial charge on any atom is 0.0234 e. The van der Waals surface area contributed by atoms with Crippen LogP contribution in [0.15, 0.2) is 48.5 Å². The molecule has 0 amide bonds. The summed E-state index contributed by atoms with van der Waals surface area (Å²) in [5.41, 5.74) is 5.54. The summed E-state index contributed by atoms with van der Waals surface area (Å²) >= 11 is 0. The van der Waals surface area contributed by atoms with Gasteiger partial charge in [0.2, 0.25) is 0 Å². The first-order valence-corrected chi connectivity index (χ1v) is 8.73. The maximum absolute atomic E-state index is 2.55. The van der Waals surface area contributed by atoms with Crippen LogP contribution in [0.25, 0.3) is 0 Å². The summed E-state index contributed by atoms with van der Waals surface area (Å²) in [5.74, 6) is 0. The normalized spacial score (nSPS) is 15.4. The van der Waals surface area contributed by atoms with Gasteiger partial charge in [0.25, 0.3) is 0 Å². The summed E-state index contributed by atoms with van der Waals surface area (Å²) in [6.07, 6.45) is 2.73. The van der Waals surface area contributed by atoms with Crippen LogP contribution in [0, 0.1) is 6.92 Å². The second-order valence-corrected chi connectivity index (χ2v) is 6.96. The van der Waals surface area contributed by atoms with Crippen molar-refractivity contribution >= 4 is 0 Å². The minimum atomic E-state index is 0.996. The Kier molecular flexibility index (Phi) is 5.47. The molecule has 1 heterocycles. The van der Waals surface area contributed by atoms with Gasteiger partial charge >= 0.3 is 0 Å². The Morgan fingerprint density at radius 1 is 0.783 bits per heavy atom. The van der Waals surface area contributed by atoms with Gasteiger partial charge in [-0.1, -0.05) is 54.1 Å². The molecule has 2 heteroatoms. The number of hydrogen-bond donors (Lipinski definition) is 0. The van der Waals surface area contributed by atoms with Gasteiger partial charge in [-0.3, -0.25) is 9.80 Å². The number of hydrogen-bond acceptors (Lipinski definition) is 2. The topological polar surface area (TPSA) is 6.48 Å². The van der Waals surface area contributed by atoms with E-state index >= 15 is 0 Å². The lowest BCUT2D eigenvalue weighted by molar-refractivity contribution is 0.318. The predicted octanol–water partition coefficient (Wildman–Crippen LogP) is 4.22. The third kappa shape index (κ3) is 4.92. The van der Waals surface area contributed by atoms with Gasteiger partial charge in [0.15, 0.2) is 0 Å². The molecule has 0 aromatic heterocycles. The van der Waals surface area contributed by atoms with Crippen molar-refractivity contribution in [2.75, 3.05) is 20.1 Å². The van der Waals surface area contributed by atoms with Crippen LogP contribution >= 0.6 is 0 Å². The average Bonchev–Trinajstić information content (AvgIpc) is 3.04. The molecule has 1 saturated heterocycles. The Hall–Kier alpha value is -1.64. The van der Waals surface area contributed by atoms with Crippen molar-refractivity contribution in [3.05, 3.63) is 70.8 Å². The summed E-state index contributed by atoms with van der Waals surface area (Å²) in [6.45, 7) is 7.77. The SMILES string of the molecule is Cc1ccc(CN(C)Cc2ccc(CN3CCCC3)cc2)cc1. The average molecular weight is 308 g/mol. The summed E-state index contributed by atoms with van der Waals surface area (Å²) < 4.78 is 0. The fraction of sp³-hybridized carbons (Fsp3) is 0.429. The molecule has 2 nitrogen and oxygen atoms in total. The van der Waals surface area contributed by atoms with Crippen molar-refractivity contribution < 1.29 is 0 Å². The third-order valence-electron chi connectivity index (χ3n) is 4.65. The van der Waals surface area contributed by atoms with Crippen LogP contribution in [0.3, 0.4) is 0 Å². The highest BCUT2D eigenvalue weighted by Gasteiger charge is 2.11. The largest absolute Gasteiger partial charge is 0.299 e. The van der Waals surface area contributed by atoms with Gasteiger partial charge in [-0.2, -0.15) is 0 Å². The molecule has 2 aromatic rings. The molecule has 3 rings (SSSR count). The molecule has 1 aliphatic heterocycles. The van der Waals surface area contributed by atoms with Gasteiger partial charge in [0, 0.05) is 19.6 Å². The van der Waals surface area contributed by atoms with Crippen molar-refractivity contribution in [3.8, 4) is 0 Å². The fourth-order valence-electron chi connectivity index (χ4n) is 3.32. The first-order chi connectivity index (χ1) is 11.2. The van der Waals surface area contributed by atoms with Crippen molar-refractivity contribution in [2.24, 2.45) is 0 Å². The Bertz CT molecular complexity index is 595. The second kappa shape index (κ2) is 7.76. The quantitative estimate of drug-likeness (QED) is 0.788. The number of nitrogens with zero attached hydrogens (tertiary/aromatic N) is 2. The van der Waals surface area contributed by atoms with E-state index in [1.807, 2.05) is 0 Å². The fourth-order valence-corrected chi connectivity index (χ4v) is 3.32. The number of aryl methyl sites for hydroxylation is 1. The van der Waals surface area contributed by atoms with Gasteiger partial charge in [0.1, 0.15) is 0 Å². The van der Waals surface area contributed by atoms with Crippen LogP contribution < -0.4 is 0 Å². The van der Waals surface area contributed by atoms with E-state index in [1.54, 1.807) is 0 Å². The molecular formula is C21H28N2. The van der Waals surface area contributed by atoms with E-state index in [0.29, 0.717) is 0 Å². The lowest BCUT2D eigenvalue weighted by Crippen LogP contribution is -2.19. The molecule has 0 spiro atoms. The van der Waals surface area contributed by atoms with Gasteiger partial charge in [-0.15, -0.1) is 0 Å². The van der Waals surface area contributed by atoms with E-state index in [9.17, 15) is 0 Å². The number of likely N-dealkylation sites (tertiary alicyclic amines) is 1. The molecule has 1 aliphatic rings. The van der Waals surface area contributed by atoms with E-state index in [4.69, 9.17) is 0 Å². The van der Waals surface area contributed by atoms with E-state index in [0.717, 1.165) is 19.6 Å². The van der Waals surface area contributed by atoms with E-state index in [2.05, 4.69) is 72.3 Å². The zero-order chi connectivity index (χ0) is 16.1. The van der Waals surface area contributed by atoms with Gasteiger partial charge in [-0.05, 0) is 56.6 Å². The summed E-state index contributed by atoms with van der Waals surface area (Å²) in [4.78, 5) is 4.93. The lowest BCUT2D eigenvalue weighted by Gasteiger charge is -2.18. The molecule has 0 radical (unpaired) electrons. The standard InChI is InChI=1S/C21H28N2/c1-18-5-7-19(8-6-18)15-22(2)16-20-9-11-21(12-10-20)17-23-13-3-4-14-23/h5-12H,3-4,13-17H2,1-2H3. The lowest BCUT2D eigenvalue weighted by atomic mass is 10.1. The molecule has 0 N–H and O–H groups in total. The highest BCUT2D eigenvalue weighted by Crippen LogP contribution is 2.14. The molecule has 23 heavy (non-hydrogen) atoms. The molecular weight excluding hydrogens is 280 g/mol. The molecule has 0 atom stereocenters. The zero-order valence-corrected chi connectivity index (χ0v) is 14.5. The van der Waals surface area contributed by atoms with Crippen LogP contribution in [0.4, 0.5) is 0 Å². The van der Waals surface area contributed by atoms with Crippen LogP contribution in [0.2, 0.25) is 0 Å². The van der Waals surface area contributed by atoms with Crippen molar-refractivity contribution in [2.45, 2.75) is 39.4 Å². The molecule has 0 unspecified atom stereocenters. The summed E-state index contributed by atoms with van der Waals surface area (Å²) in [7, 11) is 2.19. The second-order valence-electron chi connectivity index (χ2n) is 6.96. The predicted molar refractivity (Wildman–Crippen MR) is 97.3 cm³/mol. The van der Waals surface area contributed by atoms with Crippen LogP contribution in [0.5, 0.6) is 0 Å². The minimum Gasteiger partial charge on any atom is -0.299 e. The molecule has 0 bridgehead atoms. The van der Waals surface area contributed by atoms with E-state index < -0.39 is 0 Å². The molecule has 1 fully saturated rings. The highest BCUT2D eigenvalue weighted by molar-refractivity contribution is 5.24. The molecule has 122 valence electrons. The summed E-state index contributed by atoms with van der Waals surface area (Å²) in [6, 6.07) is 18.0. The number of rotatable bonds is 6. The van der Waals surface area contributed by atoms with Crippen molar-refractivity contribution in [3.63, 3.8) is 0 Å². The third-order valence-corrected chi connectivity index (χ3v) is 4.65. The van der Waals surface area contributed by atoms with Gasteiger partial charge in [-0.25, -0.2) is 0 Å². The Morgan fingerprint density at radius 2 is 1.26 bits per heavy atom. The Morgan fingerprint density at radius 3 is 1.83 bits per heavy atom. The van der Waals surface area contributed by atoms with Gasteiger partial charge < -0.3 is 0 Å². The van der Waals surface area contributed by atoms with E-state index in [1.165, 1.54) is 48.2 Å². The zero-order valence-electron chi connectivity index (χ0n) is 14.5. The monoisotopic (exact) mass is 308 g/mol. The first-order valence-electron chi connectivity index (χ1n) is 8.73. The van der Waals surface area contributed by atoms with Crippen molar-refractivity contribution in [1.82, 2.24) is 9.80 Å². The Labute approximate surface area is 140 Å².